The van der Waals surface area contributed by atoms with Gasteiger partial charge in [0.05, 0.1) is 0 Å². The van der Waals surface area contributed by atoms with Gasteiger partial charge in [0.2, 0.25) is 0 Å². The van der Waals surface area contributed by atoms with Gasteiger partial charge in [0, 0.05) is 24.5 Å². The first-order valence-electron chi connectivity index (χ1n) is 8.07. The van der Waals surface area contributed by atoms with Crippen LogP contribution in [-0.4, -0.2) is 12.7 Å². The predicted octanol–water partition coefficient (Wildman–Crippen LogP) is 4.20. The lowest BCUT2D eigenvalue weighted by Crippen LogP contribution is -2.48. The maximum atomic E-state index is 2.59. The van der Waals surface area contributed by atoms with Crippen LogP contribution in [0.5, 0.6) is 0 Å². The lowest BCUT2D eigenvalue weighted by Gasteiger charge is -2.43. The monoisotopic (exact) mass is 278 g/mol. The molecule has 2 aliphatic rings. The fourth-order valence-corrected chi connectivity index (χ4v) is 3.75. The first-order valence-corrected chi connectivity index (χ1v) is 8.07. The topological polar surface area (TPSA) is 6.48 Å². The van der Waals surface area contributed by atoms with E-state index in [0.717, 1.165) is 13.0 Å². The van der Waals surface area contributed by atoms with Crippen molar-refractivity contribution in [2.75, 3.05) is 16.3 Å². The Balaban J connectivity index is 1.72. The summed E-state index contributed by atoms with van der Waals surface area (Å²) in [6.45, 7) is 4.43. The summed E-state index contributed by atoms with van der Waals surface area (Å²) >= 11 is 0. The number of anilines is 2. The number of nitrogens with zero attached hydrogens (tertiary/aromatic N) is 2. The summed E-state index contributed by atoms with van der Waals surface area (Å²) < 4.78 is 0. The summed E-state index contributed by atoms with van der Waals surface area (Å²) in [4.78, 5) is 5.17. The van der Waals surface area contributed by atoms with Crippen LogP contribution in [0.1, 0.15) is 30.9 Å². The molecule has 0 aliphatic carbocycles. The molecule has 1 atom stereocenters. The van der Waals surface area contributed by atoms with Crippen LogP contribution in [0.2, 0.25) is 0 Å². The van der Waals surface area contributed by atoms with Gasteiger partial charge in [-0.1, -0.05) is 37.3 Å². The van der Waals surface area contributed by atoms with E-state index in [9.17, 15) is 0 Å². The van der Waals surface area contributed by atoms with Crippen LogP contribution in [0.15, 0.2) is 48.5 Å². The molecule has 0 N–H and O–H groups in total. The molecule has 2 heteroatoms. The Kier molecular flexibility index (Phi) is 3.10. The SMILES string of the molecule is CCc1ccc(N2Cc3ccccc3N3CCCC23)cc1. The third kappa shape index (κ3) is 2.10. The molecule has 1 saturated heterocycles. The standard InChI is InChI=1S/C19H22N2/c1-2-15-9-11-17(12-10-15)21-14-16-6-3-4-7-18(16)20-13-5-8-19(20)21/h3-4,6-7,9-12,19H,2,5,8,13-14H2,1H3. The molecule has 1 fully saturated rings. The summed E-state index contributed by atoms with van der Waals surface area (Å²) in [5.74, 6) is 0. The smallest absolute Gasteiger partial charge is 0.102 e. The maximum Gasteiger partial charge on any atom is 0.102 e. The van der Waals surface area contributed by atoms with Crippen molar-refractivity contribution in [2.45, 2.75) is 38.9 Å². The van der Waals surface area contributed by atoms with Gasteiger partial charge in [-0.15, -0.1) is 0 Å². The molecule has 2 heterocycles. The molecule has 0 radical (unpaired) electrons. The Morgan fingerprint density at radius 1 is 1.00 bits per heavy atom. The maximum absolute atomic E-state index is 2.59. The van der Waals surface area contributed by atoms with Gasteiger partial charge < -0.3 is 9.80 Å². The first-order chi connectivity index (χ1) is 10.4. The summed E-state index contributed by atoms with van der Waals surface area (Å²) in [6, 6.07) is 18.0. The van der Waals surface area contributed by atoms with Gasteiger partial charge in [-0.05, 0) is 48.6 Å². The van der Waals surface area contributed by atoms with Crippen LogP contribution in [-0.2, 0) is 13.0 Å². The number of rotatable bonds is 2. The molecule has 2 aromatic rings. The summed E-state index contributed by atoms with van der Waals surface area (Å²) in [5, 5.41) is 0. The minimum absolute atomic E-state index is 0.535. The highest BCUT2D eigenvalue weighted by atomic mass is 15.4. The Labute approximate surface area is 127 Å². The molecule has 0 amide bonds. The van der Waals surface area contributed by atoms with Crippen molar-refractivity contribution in [1.82, 2.24) is 0 Å². The van der Waals surface area contributed by atoms with E-state index in [-0.39, 0.29) is 0 Å². The van der Waals surface area contributed by atoms with E-state index in [1.807, 2.05) is 0 Å². The fraction of sp³-hybridized carbons (Fsp3) is 0.368. The molecule has 2 aromatic carbocycles. The Morgan fingerprint density at radius 2 is 1.81 bits per heavy atom. The van der Waals surface area contributed by atoms with E-state index in [1.165, 1.54) is 41.9 Å². The van der Waals surface area contributed by atoms with Gasteiger partial charge in [0.25, 0.3) is 0 Å². The zero-order valence-electron chi connectivity index (χ0n) is 12.6. The quantitative estimate of drug-likeness (QED) is 0.812. The van der Waals surface area contributed by atoms with Gasteiger partial charge >= 0.3 is 0 Å². The molecular formula is C19H22N2. The van der Waals surface area contributed by atoms with Crippen LogP contribution in [0.3, 0.4) is 0 Å². The van der Waals surface area contributed by atoms with Crippen molar-refractivity contribution < 1.29 is 0 Å². The van der Waals surface area contributed by atoms with Crippen LogP contribution in [0.4, 0.5) is 11.4 Å². The van der Waals surface area contributed by atoms with Gasteiger partial charge in [0.15, 0.2) is 0 Å². The van der Waals surface area contributed by atoms with Crippen molar-refractivity contribution in [1.29, 1.82) is 0 Å². The number of fused-ring (bicyclic) bond motifs is 3. The molecule has 21 heavy (non-hydrogen) atoms. The highest BCUT2D eigenvalue weighted by Crippen LogP contribution is 2.38. The van der Waals surface area contributed by atoms with Crippen molar-refractivity contribution >= 4 is 11.4 Å². The van der Waals surface area contributed by atoms with Crippen molar-refractivity contribution in [3.8, 4) is 0 Å². The molecule has 0 aromatic heterocycles. The number of benzene rings is 2. The number of hydrogen-bond acceptors (Lipinski definition) is 2. The highest BCUT2D eigenvalue weighted by molar-refractivity contribution is 5.63. The molecule has 0 spiro atoms. The summed E-state index contributed by atoms with van der Waals surface area (Å²) in [7, 11) is 0. The highest BCUT2D eigenvalue weighted by Gasteiger charge is 2.35. The minimum Gasteiger partial charge on any atom is -0.351 e. The number of aryl methyl sites for hydroxylation is 1. The number of para-hydroxylation sites is 1. The van der Waals surface area contributed by atoms with Gasteiger partial charge in [-0.25, -0.2) is 0 Å². The van der Waals surface area contributed by atoms with Crippen molar-refractivity contribution in [3.63, 3.8) is 0 Å². The normalized spacial score (nSPS) is 20.3. The van der Waals surface area contributed by atoms with E-state index in [4.69, 9.17) is 0 Å². The van der Waals surface area contributed by atoms with Gasteiger partial charge in [-0.2, -0.15) is 0 Å². The zero-order chi connectivity index (χ0) is 14.2. The van der Waals surface area contributed by atoms with Crippen LogP contribution in [0.25, 0.3) is 0 Å². The molecule has 4 rings (SSSR count). The second kappa shape index (κ2) is 5.10. The van der Waals surface area contributed by atoms with Gasteiger partial charge in [0.1, 0.15) is 6.17 Å². The van der Waals surface area contributed by atoms with Crippen LogP contribution >= 0.6 is 0 Å². The minimum atomic E-state index is 0.535. The predicted molar refractivity (Wildman–Crippen MR) is 88.8 cm³/mol. The summed E-state index contributed by atoms with van der Waals surface area (Å²) in [5.41, 5.74) is 5.68. The summed E-state index contributed by atoms with van der Waals surface area (Å²) in [6.07, 6.45) is 4.21. The van der Waals surface area contributed by atoms with E-state index < -0.39 is 0 Å². The average Bonchev–Trinajstić information content (AvgIpc) is 3.04. The van der Waals surface area contributed by atoms with E-state index in [0.29, 0.717) is 6.17 Å². The second-order valence-corrected chi connectivity index (χ2v) is 6.09. The molecule has 108 valence electrons. The molecule has 2 aliphatic heterocycles. The zero-order valence-corrected chi connectivity index (χ0v) is 12.6. The fourth-order valence-electron chi connectivity index (χ4n) is 3.75. The van der Waals surface area contributed by atoms with E-state index >= 15 is 0 Å². The second-order valence-electron chi connectivity index (χ2n) is 6.09. The average molecular weight is 278 g/mol. The largest absolute Gasteiger partial charge is 0.351 e. The van der Waals surface area contributed by atoms with Gasteiger partial charge in [-0.3, -0.25) is 0 Å². The Hall–Kier alpha value is -1.96. The Bertz CT molecular complexity index is 632. The molecule has 0 bridgehead atoms. The van der Waals surface area contributed by atoms with E-state index in [1.54, 1.807) is 0 Å². The third-order valence-electron chi connectivity index (χ3n) is 4.90. The lowest BCUT2D eigenvalue weighted by molar-refractivity contribution is 0.581. The van der Waals surface area contributed by atoms with Crippen LogP contribution < -0.4 is 9.80 Å². The number of hydrogen-bond donors (Lipinski definition) is 0. The first kappa shape index (κ1) is 12.8. The molecule has 0 saturated carbocycles. The van der Waals surface area contributed by atoms with Crippen molar-refractivity contribution in [3.05, 3.63) is 59.7 Å². The van der Waals surface area contributed by atoms with Crippen molar-refractivity contribution in [2.24, 2.45) is 0 Å². The van der Waals surface area contributed by atoms with E-state index in [2.05, 4.69) is 65.3 Å². The molecule has 2 nitrogen and oxygen atoms in total. The molecule has 1 unspecified atom stereocenters. The third-order valence-corrected chi connectivity index (χ3v) is 4.90. The molecular weight excluding hydrogens is 256 g/mol. The Morgan fingerprint density at radius 3 is 2.62 bits per heavy atom. The van der Waals surface area contributed by atoms with Crippen LogP contribution in [0, 0.1) is 0 Å². The lowest BCUT2D eigenvalue weighted by atomic mass is 10.1.